The highest BCUT2D eigenvalue weighted by atomic mass is 16.6. The number of aromatic nitrogens is 2. The van der Waals surface area contributed by atoms with Gasteiger partial charge in [0.15, 0.2) is 0 Å². The fraction of sp³-hybridized carbons (Fsp3) is 0.556. The van der Waals surface area contributed by atoms with Gasteiger partial charge in [-0.25, -0.2) is 9.42 Å². The summed E-state index contributed by atoms with van der Waals surface area (Å²) >= 11 is 0. The van der Waals surface area contributed by atoms with Crippen LogP contribution >= 0.6 is 0 Å². The molecule has 0 aromatic carbocycles. The molecule has 0 aliphatic heterocycles. The fourth-order valence-corrected chi connectivity index (χ4v) is 1.38. The Balaban J connectivity index is 3.09. The summed E-state index contributed by atoms with van der Waals surface area (Å²) in [5.41, 5.74) is 3.85. The van der Waals surface area contributed by atoms with Gasteiger partial charge in [-0.15, -0.1) is 0 Å². The number of nitrogen functional groups attached to an aromatic ring is 1. The molecule has 3 N–H and O–H groups in total. The number of aliphatic carboxylic acids is 1. The molecule has 8 heteroatoms. The zero-order chi connectivity index (χ0) is 13.2. The minimum Gasteiger partial charge on any atom is -0.480 e. The quantitative estimate of drug-likeness (QED) is 0.760. The number of carbonyl (C=O) groups is 2. The van der Waals surface area contributed by atoms with Crippen LogP contribution in [0.5, 0.6) is 0 Å². The van der Waals surface area contributed by atoms with Crippen LogP contribution in [0.2, 0.25) is 0 Å². The summed E-state index contributed by atoms with van der Waals surface area (Å²) < 4.78 is 4.31. The summed E-state index contributed by atoms with van der Waals surface area (Å²) in [7, 11) is 0. The van der Waals surface area contributed by atoms with Crippen LogP contribution in [0.4, 0.5) is 5.82 Å². The number of carboxylic acids is 1. The summed E-state index contributed by atoms with van der Waals surface area (Å²) in [6.45, 7) is 4.69. The van der Waals surface area contributed by atoms with E-state index in [9.17, 15) is 9.59 Å². The molecule has 0 fully saturated rings. The van der Waals surface area contributed by atoms with Gasteiger partial charge in [0.1, 0.15) is 5.54 Å². The van der Waals surface area contributed by atoms with E-state index in [4.69, 9.17) is 10.8 Å². The topological polar surface area (TPSA) is 123 Å². The molecule has 1 amide bonds. The van der Waals surface area contributed by atoms with E-state index in [0.717, 1.165) is 4.90 Å². The highest BCUT2D eigenvalue weighted by molar-refractivity contribution is 5.99. The van der Waals surface area contributed by atoms with Crippen LogP contribution in [0.25, 0.3) is 0 Å². The summed E-state index contributed by atoms with van der Waals surface area (Å²) in [6, 6.07) is 0. The molecule has 0 aliphatic rings. The number of nitrogens with two attached hydrogens (primary N) is 1. The predicted octanol–water partition coefficient (Wildman–Crippen LogP) is -0.0229. The molecule has 0 radical (unpaired) electrons. The van der Waals surface area contributed by atoms with Crippen molar-refractivity contribution in [2.45, 2.75) is 26.3 Å². The Morgan fingerprint density at radius 2 is 2.06 bits per heavy atom. The molecule has 0 spiro atoms. The standard InChI is InChI=1S/C9H14N4O4/c1-4-13(9(2,3)8(15)16)7(14)5-6(10)12-17-11-5/h4H2,1-3H3,(H2,10,12)(H,15,16). The zero-order valence-electron chi connectivity index (χ0n) is 9.80. The molecule has 8 nitrogen and oxygen atoms in total. The van der Waals surface area contributed by atoms with E-state index < -0.39 is 17.4 Å². The largest absolute Gasteiger partial charge is 0.480 e. The van der Waals surface area contributed by atoms with Gasteiger partial charge in [0.2, 0.25) is 11.5 Å². The van der Waals surface area contributed by atoms with Gasteiger partial charge in [0, 0.05) is 6.54 Å². The van der Waals surface area contributed by atoms with E-state index in [0.29, 0.717) is 0 Å². The monoisotopic (exact) mass is 242 g/mol. The van der Waals surface area contributed by atoms with E-state index in [1.165, 1.54) is 13.8 Å². The van der Waals surface area contributed by atoms with Crippen LogP contribution in [0, 0.1) is 0 Å². The Morgan fingerprint density at radius 1 is 1.47 bits per heavy atom. The van der Waals surface area contributed by atoms with Gasteiger partial charge in [-0.3, -0.25) is 4.79 Å². The minimum atomic E-state index is -1.36. The highest BCUT2D eigenvalue weighted by Crippen LogP contribution is 2.19. The lowest BCUT2D eigenvalue weighted by atomic mass is 10.0. The lowest BCUT2D eigenvalue weighted by Crippen LogP contribution is -2.53. The van der Waals surface area contributed by atoms with Crippen molar-refractivity contribution in [1.82, 2.24) is 15.2 Å². The Kier molecular flexibility index (Phi) is 3.35. The third-order valence-electron chi connectivity index (χ3n) is 2.48. The van der Waals surface area contributed by atoms with Gasteiger partial charge >= 0.3 is 5.97 Å². The first-order chi connectivity index (χ1) is 7.82. The van der Waals surface area contributed by atoms with Crippen molar-refractivity contribution >= 4 is 17.7 Å². The molecule has 0 saturated heterocycles. The number of nitrogens with zero attached hydrogens (tertiary/aromatic N) is 3. The normalized spacial score (nSPS) is 11.2. The van der Waals surface area contributed by atoms with E-state index in [1.54, 1.807) is 6.92 Å². The molecule has 0 bridgehead atoms. The summed E-state index contributed by atoms with van der Waals surface area (Å²) in [5, 5.41) is 15.7. The molecule has 1 aromatic heterocycles. The Bertz CT molecular complexity index is 440. The summed E-state index contributed by atoms with van der Waals surface area (Å²) in [6.07, 6.45) is 0. The molecule has 1 rings (SSSR count). The van der Waals surface area contributed by atoms with E-state index in [2.05, 4.69) is 14.9 Å². The molecule has 1 heterocycles. The van der Waals surface area contributed by atoms with Crippen molar-refractivity contribution in [1.29, 1.82) is 0 Å². The van der Waals surface area contributed by atoms with Crippen LogP contribution in [-0.2, 0) is 4.79 Å². The number of carboxylic acid groups (broad SMARTS) is 1. The van der Waals surface area contributed by atoms with Crippen LogP contribution in [-0.4, -0.2) is 44.3 Å². The van der Waals surface area contributed by atoms with Gasteiger partial charge in [0.05, 0.1) is 0 Å². The van der Waals surface area contributed by atoms with Crippen molar-refractivity contribution in [2.24, 2.45) is 0 Å². The van der Waals surface area contributed by atoms with Crippen LogP contribution < -0.4 is 5.73 Å². The van der Waals surface area contributed by atoms with E-state index >= 15 is 0 Å². The average molecular weight is 242 g/mol. The molecule has 0 aliphatic carbocycles. The molecule has 17 heavy (non-hydrogen) atoms. The number of carbonyl (C=O) groups excluding carboxylic acids is 1. The Hall–Kier alpha value is -2.12. The number of hydrogen-bond acceptors (Lipinski definition) is 6. The van der Waals surface area contributed by atoms with Crippen molar-refractivity contribution in [3.63, 3.8) is 0 Å². The van der Waals surface area contributed by atoms with Crippen LogP contribution in [0.1, 0.15) is 31.3 Å². The maximum atomic E-state index is 12.0. The number of hydrogen-bond donors (Lipinski definition) is 2. The average Bonchev–Trinajstić information content (AvgIpc) is 2.64. The number of amides is 1. The van der Waals surface area contributed by atoms with Gasteiger partial charge in [-0.1, -0.05) is 0 Å². The van der Waals surface area contributed by atoms with Crippen molar-refractivity contribution in [3.8, 4) is 0 Å². The zero-order valence-corrected chi connectivity index (χ0v) is 9.80. The minimum absolute atomic E-state index is 0.158. The van der Waals surface area contributed by atoms with Crippen molar-refractivity contribution in [3.05, 3.63) is 5.69 Å². The van der Waals surface area contributed by atoms with Crippen LogP contribution in [0.15, 0.2) is 4.63 Å². The fourth-order valence-electron chi connectivity index (χ4n) is 1.38. The van der Waals surface area contributed by atoms with Gasteiger partial charge in [0.25, 0.3) is 5.91 Å². The molecular formula is C9H14N4O4. The first kappa shape index (κ1) is 12.9. The molecule has 0 unspecified atom stereocenters. The van der Waals surface area contributed by atoms with Gasteiger partial charge in [-0.05, 0) is 31.1 Å². The Morgan fingerprint density at radius 3 is 2.41 bits per heavy atom. The number of anilines is 1. The van der Waals surface area contributed by atoms with Crippen molar-refractivity contribution in [2.75, 3.05) is 12.3 Å². The molecule has 0 atom stereocenters. The van der Waals surface area contributed by atoms with Crippen molar-refractivity contribution < 1.29 is 19.3 Å². The van der Waals surface area contributed by atoms with Crippen LogP contribution in [0.3, 0.4) is 0 Å². The maximum absolute atomic E-state index is 12.0. The second-order valence-electron chi connectivity index (χ2n) is 3.91. The maximum Gasteiger partial charge on any atom is 0.329 e. The van der Waals surface area contributed by atoms with E-state index in [-0.39, 0.29) is 18.1 Å². The highest BCUT2D eigenvalue weighted by Gasteiger charge is 2.39. The molecule has 94 valence electrons. The molecular weight excluding hydrogens is 228 g/mol. The van der Waals surface area contributed by atoms with Gasteiger partial charge in [-0.2, -0.15) is 0 Å². The molecule has 1 aromatic rings. The third-order valence-corrected chi connectivity index (χ3v) is 2.48. The van der Waals surface area contributed by atoms with E-state index in [1.807, 2.05) is 0 Å². The lowest BCUT2D eigenvalue weighted by Gasteiger charge is -2.33. The summed E-state index contributed by atoms with van der Waals surface area (Å²) in [5.74, 6) is -1.91. The first-order valence-electron chi connectivity index (χ1n) is 4.95. The molecule has 0 saturated carbocycles. The SMILES string of the molecule is CCN(C(=O)c1nonc1N)C(C)(C)C(=O)O. The van der Waals surface area contributed by atoms with Gasteiger partial charge < -0.3 is 15.7 Å². The first-order valence-corrected chi connectivity index (χ1v) is 4.95. The smallest absolute Gasteiger partial charge is 0.329 e. The second kappa shape index (κ2) is 4.40. The third kappa shape index (κ3) is 2.19. The summed E-state index contributed by atoms with van der Waals surface area (Å²) in [4.78, 5) is 24.3. The Labute approximate surface area is 97.3 Å². The lowest BCUT2D eigenvalue weighted by molar-refractivity contribution is -0.147. The number of likely N-dealkylation sites (N-methyl/N-ethyl adjacent to an activating group) is 1. The number of rotatable bonds is 4. The second-order valence-corrected chi connectivity index (χ2v) is 3.91. The predicted molar refractivity (Wildman–Crippen MR) is 57.1 cm³/mol.